The van der Waals surface area contributed by atoms with Gasteiger partial charge < -0.3 is 20.1 Å². The molecule has 4 unspecified atom stereocenters. The molecule has 1 aliphatic heterocycles. The number of piperidine rings is 1. The average Bonchev–Trinajstić information content (AvgIpc) is 2.87. The Hall–Kier alpha value is -1.36. The van der Waals surface area contributed by atoms with Gasteiger partial charge in [-0.1, -0.05) is 12.1 Å². The lowest BCUT2D eigenvalue weighted by atomic mass is 9.71. The molecule has 106 valence electrons. The fraction of sp³-hybridized carbons (Fsp3) is 0.500. The number of aliphatic hydroxyl groups excluding tert-OH is 2. The van der Waals surface area contributed by atoms with Crippen LogP contribution in [0.15, 0.2) is 24.4 Å². The van der Waals surface area contributed by atoms with Gasteiger partial charge in [-0.2, -0.15) is 0 Å². The van der Waals surface area contributed by atoms with Crippen LogP contribution in [0.25, 0.3) is 10.9 Å². The number of hydrogen-bond acceptors (Lipinski definition) is 3. The van der Waals surface area contributed by atoms with Gasteiger partial charge in [0.25, 0.3) is 0 Å². The zero-order valence-corrected chi connectivity index (χ0v) is 11.6. The highest BCUT2D eigenvalue weighted by Crippen LogP contribution is 2.44. The molecule has 4 rings (SSSR count). The Kier molecular flexibility index (Phi) is 2.67. The lowest BCUT2D eigenvalue weighted by molar-refractivity contribution is -0.0374. The summed E-state index contributed by atoms with van der Waals surface area (Å²) in [4.78, 5) is 5.63. The van der Waals surface area contributed by atoms with E-state index in [0.717, 1.165) is 18.5 Å². The van der Waals surface area contributed by atoms with Crippen molar-refractivity contribution in [2.75, 3.05) is 20.2 Å². The van der Waals surface area contributed by atoms with E-state index in [1.807, 2.05) is 0 Å². The molecule has 1 fully saturated rings. The number of aromatic amines is 1. The quantitative estimate of drug-likeness (QED) is 0.728. The van der Waals surface area contributed by atoms with Gasteiger partial charge in [-0.25, -0.2) is 0 Å². The van der Waals surface area contributed by atoms with E-state index in [1.165, 1.54) is 16.5 Å². The van der Waals surface area contributed by atoms with Crippen LogP contribution in [0.1, 0.15) is 17.0 Å². The molecule has 0 spiro atoms. The first-order chi connectivity index (χ1) is 9.70. The summed E-state index contributed by atoms with van der Waals surface area (Å²) >= 11 is 0. The van der Waals surface area contributed by atoms with Crippen molar-refractivity contribution in [3.05, 3.63) is 35.5 Å². The topological polar surface area (TPSA) is 59.5 Å². The molecule has 2 heterocycles. The zero-order chi connectivity index (χ0) is 13.9. The van der Waals surface area contributed by atoms with Crippen LogP contribution >= 0.6 is 0 Å². The maximum atomic E-state index is 10.7. The van der Waals surface area contributed by atoms with E-state index in [-0.39, 0.29) is 18.4 Å². The van der Waals surface area contributed by atoms with Crippen LogP contribution in [0, 0.1) is 5.92 Å². The predicted molar refractivity (Wildman–Crippen MR) is 77.7 cm³/mol. The van der Waals surface area contributed by atoms with Gasteiger partial charge in [-0.3, -0.25) is 0 Å². The summed E-state index contributed by atoms with van der Waals surface area (Å²) in [7, 11) is 2.10. The van der Waals surface area contributed by atoms with E-state index >= 15 is 0 Å². The maximum Gasteiger partial charge on any atom is 0.0686 e. The van der Waals surface area contributed by atoms with Crippen LogP contribution in [-0.2, 0) is 6.42 Å². The summed E-state index contributed by atoms with van der Waals surface area (Å²) in [5.41, 5.74) is 3.72. The number of rotatable bonds is 1. The Morgan fingerprint density at radius 3 is 3.05 bits per heavy atom. The summed E-state index contributed by atoms with van der Waals surface area (Å²) in [5.74, 6) is 0.0369. The first-order valence-electron chi connectivity index (χ1n) is 7.28. The molecule has 2 aliphatic rings. The number of likely N-dealkylation sites (tertiary alicyclic amines) is 1. The largest absolute Gasteiger partial charge is 0.396 e. The highest BCUT2D eigenvalue weighted by molar-refractivity contribution is 5.88. The van der Waals surface area contributed by atoms with Crippen molar-refractivity contribution in [3.63, 3.8) is 0 Å². The Balaban J connectivity index is 1.90. The van der Waals surface area contributed by atoms with Gasteiger partial charge in [0, 0.05) is 48.1 Å². The second-order valence-corrected chi connectivity index (χ2v) is 6.25. The summed E-state index contributed by atoms with van der Waals surface area (Å²) in [6.07, 6.45) is 2.60. The van der Waals surface area contributed by atoms with Crippen LogP contribution < -0.4 is 0 Å². The van der Waals surface area contributed by atoms with E-state index in [1.54, 1.807) is 0 Å². The first kappa shape index (κ1) is 12.4. The summed E-state index contributed by atoms with van der Waals surface area (Å²) < 4.78 is 0. The van der Waals surface area contributed by atoms with E-state index < -0.39 is 6.10 Å². The highest BCUT2D eigenvalue weighted by Gasteiger charge is 2.44. The van der Waals surface area contributed by atoms with Crippen LogP contribution in [-0.4, -0.2) is 52.4 Å². The smallest absolute Gasteiger partial charge is 0.0686 e. The van der Waals surface area contributed by atoms with Crippen molar-refractivity contribution >= 4 is 10.9 Å². The lowest BCUT2D eigenvalue weighted by Crippen LogP contribution is -2.55. The van der Waals surface area contributed by atoms with Gasteiger partial charge in [0.15, 0.2) is 0 Å². The second kappa shape index (κ2) is 4.32. The molecule has 0 radical (unpaired) electrons. The van der Waals surface area contributed by atoms with Crippen molar-refractivity contribution in [3.8, 4) is 0 Å². The van der Waals surface area contributed by atoms with Crippen LogP contribution in [0.3, 0.4) is 0 Å². The second-order valence-electron chi connectivity index (χ2n) is 6.25. The fourth-order valence-electron chi connectivity index (χ4n) is 4.20. The van der Waals surface area contributed by atoms with Crippen molar-refractivity contribution in [2.45, 2.75) is 24.5 Å². The molecule has 4 heteroatoms. The standard InChI is InChI=1S/C16H20N2O2/c1-18-7-10(8-19)16(20)15-11-3-2-4-12-14(11)9(6-17-12)5-13(15)18/h2-4,6,10,13,15-17,19-20H,5,7-8H2,1H3. The van der Waals surface area contributed by atoms with Gasteiger partial charge in [0.1, 0.15) is 0 Å². The van der Waals surface area contributed by atoms with Crippen molar-refractivity contribution in [2.24, 2.45) is 5.92 Å². The Bertz CT molecular complexity index is 651. The van der Waals surface area contributed by atoms with Gasteiger partial charge >= 0.3 is 0 Å². The fourth-order valence-corrected chi connectivity index (χ4v) is 4.20. The normalized spacial score (nSPS) is 33.4. The molecule has 1 aromatic carbocycles. The molecular formula is C16H20N2O2. The number of hydrogen-bond donors (Lipinski definition) is 3. The molecule has 0 amide bonds. The predicted octanol–water partition coefficient (Wildman–Crippen LogP) is 1.09. The molecule has 1 aromatic heterocycles. The molecule has 4 nitrogen and oxygen atoms in total. The molecule has 0 bridgehead atoms. The maximum absolute atomic E-state index is 10.7. The molecule has 2 aromatic rings. The third kappa shape index (κ3) is 1.53. The van der Waals surface area contributed by atoms with Gasteiger partial charge in [-0.05, 0) is 30.7 Å². The highest BCUT2D eigenvalue weighted by atomic mass is 16.3. The summed E-state index contributed by atoms with van der Waals surface area (Å²) in [6.45, 7) is 0.805. The summed E-state index contributed by atoms with van der Waals surface area (Å²) in [5, 5.41) is 21.5. The number of nitrogens with one attached hydrogen (secondary N) is 1. The number of nitrogens with zero attached hydrogens (tertiary/aromatic N) is 1. The van der Waals surface area contributed by atoms with Crippen molar-refractivity contribution in [1.29, 1.82) is 0 Å². The molecule has 0 saturated carbocycles. The number of aromatic nitrogens is 1. The third-order valence-corrected chi connectivity index (χ3v) is 5.20. The molecule has 20 heavy (non-hydrogen) atoms. The molecule has 1 aliphatic carbocycles. The molecule has 3 N–H and O–H groups in total. The Morgan fingerprint density at radius 2 is 2.25 bits per heavy atom. The van der Waals surface area contributed by atoms with E-state index in [2.05, 4.69) is 41.3 Å². The number of H-pyrrole nitrogens is 1. The third-order valence-electron chi connectivity index (χ3n) is 5.20. The monoisotopic (exact) mass is 272 g/mol. The molecule has 4 atom stereocenters. The minimum absolute atomic E-state index is 0.0463. The van der Waals surface area contributed by atoms with Crippen molar-refractivity contribution < 1.29 is 10.2 Å². The number of aliphatic hydroxyl groups is 2. The van der Waals surface area contributed by atoms with Crippen LogP contribution in [0.2, 0.25) is 0 Å². The molecular weight excluding hydrogens is 252 g/mol. The SMILES string of the molecule is CN1CC(CO)C(O)C2c3cccc4[nH]cc(c34)CC21. The zero-order valence-electron chi connectivity index (χ0n) is 11.6. The summed E-state index contributed by atoms with van der Waals surface area (Å²) in [6, 6.07) is 6.59. The number of benzene rings is 1. The van der Waals surface area contributed by atoms with Gasteiger partial charge in [0.2, 0.25) is 0 Å². The lowest BCUT2D eigenvalue weighted by Gasteiger charge is -2.48. The minimum atomic E-state index is -0.463. The van der Waals surface area contributed by atoms with E-state index in [0.29, 0.717) is 6.04 Å². The van der Waals surface area contributed by atoms with Crippen LogP contribution in [0.5, 0.6) is 0 Å². The average molecular weight is 272 g/mol. The van der Waals surface area contributed by atoms with Gasteiger partial charge in [-0.15, -0.1) is 0 Å². The van der Waals surface area contributed by atoms with E-state index in [4.69, 9.17) is 0 Å². The Morgan fingerprint density at radius 1 is 1.40 bits per heavy atom. The first-order valence-corrected chi connectivity index (χ1v) is 7.28. The van der Waals surface area contributed by atoms with Gasteiger partial charge in [0.05, 0.1) is 6.10 Å². The van der Waals surface area contributed by atoms with E-state index in [9.17, 15) is 10.2 Å². The van der Waals surface area contributed by atoms with Crippen LogP contribution in [0.4, 0.5) is 0 Å². The molecule has 1 saturated heterocycles. The Labute approximate surface area is 118 Å². The number of fused-ring (bicyclic) bond motifs is 2. The van der Waals surface area contributed by atoms with Crippen molar-refractivity contribution in [1.82, 2.24) is 9.88 Å². The number of likely N-dealkylation sites (N-methyl/N-ethyl adjacent to an activating group) is 1. The minimum Gasteiger partial charge on any atom is -0.396 e.